The second kappa shape index (κ2) is 8.70. The van der Waals surface area contributed by atoms with Crippen molar-refractivity contribution in [2.24, 2.45) is 5.92 Å². The van der Waals surface area contributed by atoms with Crippen LogP contribution in [0.4, 0.5) is 4.79 Å². The van der Waals surface area contributed by atoms with Gasteiger partial charge in [-0.1, -0.05) is 13.8 Å². The summed E-state index contributed by atoms with van der Waals surface area (Å²) < 4.78 is 0. The summed E-state index contributed by atoms with van der Waals surface area (Å²) in [6.45, 7) is 13.1. The Bertz CT molecular complexity index is 345. The maximum atomic E-state index is 12.1. The fraction of sp³-hybridized carbons (Fsp3) is 0.938. The van der Waals surface area contributed by atoms with E-state index < -0.39 is 0 Å². The van der Waals surface area contributed by atoms with E-state index in [-0.39, 0.29) is 12.1 Å². The molecule has 0 spiro atoms. The lowest BCUT2D eigenvalue weighted by atomic mass is 10.1. The fourth-order valence-corrected chi connectivity index (χ4v) is 3.31. The van der Waals surface area contributed by atoms with E-state index in [1.165, 1.54) is 0 Å². The van der Waals surface area contributed by atoms with Crippen LogP contribution >= 0.6 is 0 Å². The summed E-state index contributed by atoms with van der Waals surface area (Å²) >= 11 is 0. The van der Waals surface area contributed by atoms with E-state index in [1.807, 2.05) is 0 Å². The molecular weight excluding hydrogens is 280 g/mol. The number of nitrogens with zero attached hydrogens (tertiary/aromatic N) is 3. The van der Waals surface area contributed by atoms with Crippen LogP contribution in [0.1, 0.15) is 26.7 Å². The Balaban J connectivity index is 1.63. The summed E-state index contributed by atoms with van der Waals surface area (Å²) in [6, 6.07) is -0.0265. The smallest absolute Gasteiger partial charge is 0.317 e. The number of piperidine rings is 1. The van der Waals surface area contributed by atoms with Gasteiger partial charge < -0.3 is 25.1 Å². The lowest BCUT2D eigenvalue weighted by molar-refractivity contribution is 0.0834. The molecule has 6 nitrogen and oxygen atoms in total. The van der Waals surface area contributed by atoms with Crippen LogP contribution in [0.3, 0.4) is 0 Å². The molecule has 2 atom stereocenters. The van der Waals surface area contributed by atoms with Crippen LogP contribution in [0, 0.1) is 5.92 Å². The lowest BCUT2D eigenvalue weighted by Crippen LogP contribution is -2.50. The predicted molar refractivity (Wildman–Crippen MR) is 87.9 cm³/mol. The van der Waals surface area contributed by atoms with E-state index in [0.717, 1.165) is 58.7 Å². The summed E-state index contributed by atoms with van der Waals surface area (Å²) in [4.78, 5) is 18.8. The molecule has 0 aliphatic carbocycles. The monoisotopic (exact) mass is 312 g/mol. The normalized spacial score (nSPS) is 26.0. The molecule has 0 aromatic carbocycles. The number of hydrogen-bond acceptors (Lipinski definition) is 4. The average molecular weight is 312 g/mol. The Morgan fingerprint density at radius 1 is 1.23 bits per heavy atom. The van der Waals surface area contributed by atoms with Crippen molar-refractivity contribution in [3.8, 4) is 0 Å². The number of rotatable bonds is 5. The highest BCUT2D eigenvalue weighted by Gasteiger charge is 2.22. The van der Waals surface area contributed by atoms with Crippen molar-refractivity contribution in [2.75, 3.05) is 58.9 Å². The number of likely N-dealkylation sites (N-methyl/N-ethyl adjacent to an activating group) is 1. The molecule has 0 saturated carbocycles. The molecule has 0 aromatic heterocycles. The molecule has 0 bridgehead atoms. The molecule has 6 heteroatoms. The molecule has 22 heavy (non-hydrogen) atoms. The Hall–Kier alpha value is -0.850. The number of likely N-dealkylation sites (tertiary alicyclic amines) is 1. The third kappa shape index (κ3) is 5.41. The van der Waals surface area contributed by atoms with Gasteiger partial charge in [0, 0.05) is 52.4 Å². The van der Waals surface area contributed by atoms with E-state index in [1.54, 1.807) is 4.90 Å². The van der Waals surface area contributed by atoms with Crippen molar-refractivity contribution in [1.82, 2.24) is 20.0 Å². The number of urea groups is 1. The third-order valence-electron chi connectivity index (χ3n) is 4.77. The van der Waals surface area contributed by atoms with Crippen molar-refractivity contribution < 1.29 is 9.90 Å². The average Bonchev–Trinajstić information content (AvgIpc) is 2.53. The van der Waals surface area contributed by atoms with Crippen LogP contribution in [0.25, 0.3) is 0 Å². The number of aliphatic hydroxyl groups is 1. The van der Waals surface area contributed by atoms with Gasteiger partial charge in [-0.25, -0.2) is 4.79 Å². The Kier molecular flexibility index (Phi) is 6.92. The zero-order chi connectivity index (χ0) is 15.9. The summed E-state index contributed by atoms with van der Waals surface area (Å²) in [5, 5.41) is 12.7. The van der Waals surface area contributed by atoms with Gasteiger partial charge in [0.2, 0.25) is 0 Å². The van der Waals surface area contributed by atoms with Crippen LogP contribution < -0.4 is 5.32 Å². The molecular formula is C16H32N4O2. The fourth-order valence-electron chi connectivity index (χ4n) is 3.31. The summed E-state index contributed by atoms with van der Waals surface area (Å²) in [5.41, 5.74) is 0. The van der Waals surface area contributed by atoms with Crippen LogP contribution in [0.2, 0.25) is 0 Å². The van der Waals surface area contributed by atoms with Gasteiger partial charge in [-0.3, -0.25) is 0 Å². The molecule has 2 fully saturated rings. The minimum atomic E-state index is -0.355. The molecule has 2 N–H and O–H groups in total. The Morgan fingerprint density at radius 3 is 2.55 bits per heavy atom. The minimum absolute atomic E-state index is 0.0265. The largest absolute Gasteiger partial charge is 0.391 e. The summed E-state index contributed by atoms with van der Waals surface area (Å²) in [5.74, 6) is 0.451. The van der Waals surface area contributed by atoms with E-state index in [0.29, 0.717) is 19.0 Å². The molecule has 2 aliphatic rings. The molecule has 128 valence electrons. The molecule has 2 amide bonds. The van der Waals surface area contributed by atoms with Gasteiger partial charge in [0.05, 0.1) is 6.10 Å². The first kappa shape index (κ1) is 17.5. The van der Waals surface area contributed by atoms with Crippen molar-refractivity contribution in [3.63, 3.8) is 0 Å². The number of amides is 2. The highest BCUT2D eigenvalue weighted by molar-refractivity contribution is 5.74. The third-order valence-corrected chi connectivity index (χ3v) is 4.77. The maximum Gasteiger partial charge on any atom is 0.317 e. The Morgan fingerprint density at radius 2 is 1.91 bits per heavy atom. The molecule has 2 aliphatic heterocycles. The van der Waals surface area contributed by atoms with E-state index >= 15 is 0 Å². The highest BCUT2D eigenvalue weighted by atomic mass is 16.3. The summed E-state index contributed by atoms with van der Waals surface area (Å²) in [6.07, 6.45) is 1.35. The molecule has 0 radical (unpaired) electrons. The first-order valence-electron chi connectivity index (χ1n) is 8.74. The van der Waals surface area contributed by atoms with Gasteiger partial charge in [0.25, 0.3) is 0 Å². The van der Waals surface area contributed by atoms with E-state index in [4.69, 9.17) is 0 Å². The quantitative estimate of drug-likeness (QED) is 0.773. The molecule has 2 saturated heterocycles. The van der Waals surface area contributed by atoms with Crippen LogP contribution in [0.15, 0.2) is 0 Å². The number of β-amino-alcohol motifs (C(OH)–C–C–N with tert-alkyl or cyclic N) is 1. The summed E-state index contributed by atoms with van der Waals surface area (Å²) in [7, 11) is 0. The van der Waals surface area contributed by atoms with Gasteiger partial charge in [-0.2, -0.15) is 0 Å². The first-order chi connectivity index (χ1) is 10.6. The SMILES string of the molecule is CCN1CCN(C[C@@H](C)CNC(=O)N2CCC[C@@H](O)C2)CC1. The van der Waals surface area contributed by atoms with Gasteiger partial charge in [-0.05, 0) is 25.3 Å². The van der Waals surface area contributed by atoms with Gasteiger partial charge in [0.1, 0.15) is 0 Å². The second-order valence-electron chi connectivity index (χ2n) is 6.77. The highest BCUT2D eigenvalue weighted by Crippen LogP contribution is 2.10. The van der Waals surface area contributed by atoms with E-state index in [9.17, 15) is 9.90 Å². The van der Waals surface area contributed by atoms with Gasteiger partial charge >= 0.3 is 6.03 Å². The molecule has 0 unspecified atom stereocenters. The number of piperazine rings is 1. The van der Waals surface area contributed by atoms with Gasteiger partial charge in [0.15, 0.2) is 0 Å². The van der Waals surface area contributed by atoms with Crippen LogP contribution in [-0.2, 0) is 0 Å². The predicted octanol–water partition coefficient (Wildman–Crippen LogP) is 0.426. The maximum absolute atomic E-state index is 12.1. The zero-order valence-electron chi connectivity index (χ0n) is 14.1. The lowest BCUT2D eigenvalue weighted by Gasteiger charge is -2.35. The van der Waals surface area contributed by atoms with E-state index in [2.05, 4.69) is 29.0 Å². The minimum Gasteiger partial charge on any atom is -0.391 e. The van der Waals surface area contributed by atoms with Crippen molar-refractivity contribution in [2.45, 2.75) is 32.8 Å². The van der Waals surface area contributed by atoms with Crippen molar-refractivity contribution in [1.29, 1.82) is 0 Å². The zero-order valence-corrected chi connectivity index (χ0v) is 14.1. The second-order valence-corrected chi connectivity index (χ2v) is 6.77. The first-order valence-corrected chi connectivity index (χ1v) is 8.74. The standard InChI is InChI=1S/C16H32N4O2/c1-3-18-7-9-19(10-8-18)12-14(2)11-17-16(22)20-6-4-5-15(21)13-20/h14-15,21H,3-13H2,1-2H3,(H,17,22)/t14-,15+/m0/s1. The number of hydrogen-bond donors (Lipinski definition) is 2. The molecule has 0 aromatic rings. The van der Waals surface area contributed by atoms with Crippen molar-refractivity contribution in [3.05, 3.63) is 0 Å². The van der Waals surface area contributed by atoms with Gasteiger partial charge in [-0.15, -0.1) is 0 Å². The van der Waals surface area contributed by atoms with Crippen LogP contribution in [0.5, 0.6) is 0 Å². The number of aliphatic hydroxyl groups excluding tert-OH is 1. The number of nitrogens with one attached hydrogen (secondary N) is 1. The van der Waals surface area contributed by atoms with Crippen molar-refractivity contribution >= 4 is 6.03 Å². The topological polar surface area (TPSA) is 59.0 Å². The van der Waals surface area contributed by atoms with Crippen LogP contribution in [-0.4, -0.2) is 90.8 Å². The number of carbonyl (C=O) groups is 1. The Labute approximate surface area is 134 Å². The molecule has 2 heterocycles. The molecule has 2 rings (SSSR count). The number of carbonyl (C=O) groups excluding carboxylic acids is 1.